The number of rotatable bonds is 7. The number of ether oxygens (including phenoxy) is 2. The monoisotopic (exact) mass is 648 g/mol. The van der Waals surface area contributed by atoms with Gasteiger partial charge >= 0.3 is 18.4 Å². The highest BCUT2D eigenvalue weighted by atomic mass is 19.4. The number of aromatic nitrogens is 1. The van der Waals surface area contributed by atoms with Crippen molar-refractivity contribution < 1.29 is 45.7 Å². The van der Waals surface area contributed by atoms with Crippen molar-refractivity contribution in [2.75, 3.05) is 7.11 Å². The topological polar surface area (TPSA) is 71.9 Å². The summed E-state index contributed by atoms with van der Waals surface area (Å²) in [5.74, 6) is 1.11. The number of benzene rings is 2. The fraction of sp³-hybridized carbons (Fsp3) is 0.471. The quantitative estimate of drug-likeness (QED) is 0.260. The molecule has 0 radical (unpaired) electrons. The van der Waals surface area contributed by atoms with Gasteiger partial charge in [0.1, 0.15) is 11.9 Å². The Labute approximate surface area is 262 Å². The second-order valence-corrected chi connectivity index (χ2v) is 12.5. The minimum Gasteiger partial charge on any atom is -0.496 e. The zero-order valence-electron chi connectivity index (χ0n) is 25.3. The van der Waals surface area contributed by atoms with Gasteiger partial charge < -0.3 is 14.6 Å². The highest BCUT2D eigenvalue weighted by molar-refractivity contribution is 5.75. The molecule has 1 N–H and O–H groups in total. The molecule has 3 aliphatic rings. The van der Waals surface area contributed by atoms with Crippen LogP contribution in [0.2, 0.25) is 0 Å². The second-order valence-electron chi connectivity index (χ2n) is 12.5. The number of halogens is 6. The number of methoxy groups -OCH3 is 1. The number of alkyl halides is 6. The van der Waals surface area contributed by atoms with Gasteiger partial charge in [-0.25, -0.2) is 4.79 Å². The molecule has 1 aromatic heterocycles. The van der Waals surface area contributed by atoms with Crippen LogP contribution in [0.1, 0.15) is 97.0 Å². The average molecular weight is 649 g/mol. The van der Waals surface area contributed by atoms with E-state index in [0.29, 0.717) is 42.0 Å². The average Bonchev–Trinajstić information content (AvgIpc) is 3.83. The number of carbonyl (C=O) groups is 1. The SMILES string of the molecule is COc1ccc([C@H]2CC[C@@H](O)CC2)cc1-c1ccc(C2CC2)nc1CN1C(=O)O[C@H](c2cc(C(F)(F)F)cc(C(F)(F)F)c2)[C@@H]1C. The first-order chi connectivity index (χ1) is 21.7. The van der Waals surface area contributed by atoms with Gasteiger partial charge in [-0.3, -0.25) is 9.88 Å². The molecule has 2 aliphatic carbocycles. The fourth-order valence-electron chi connectivity index (χ4n) is 6.55. The van der Waals surface area contributed by atoms with Crippen molar-refractivity contribution in [3.63, 3.8) is 0 Å². The van der Waals surface area contributed by atoms with E-state index in [0.717, 1.165) is 42.5 Å². The third kappa shape index (κ3) is 6.54. The van der Waals surface area contributed by atoms with Gasteiger partial charge in [-0.2, -0.15) is 26.3 Å². The second kappa shape index (κ2) is 12.1. The van der Waals surface area contributed by atoms with Crippen LogP contribution in [0.4, 0.5) is 31.1 Å². The molecule has 1 aliphatic heterocycles. The van der Waals surface area contributed by atoms with E-state index < -0.39 is 47.3 Å². The van der Waals surface area contributed by atoms with Crippen molar-refractivity contribution in [2.24, 2.45) is 0 Å². The van der Waals surface area contributed by atoms with E-state index in [9.17, 15) is 36.2 Å². The number of cyclic esters (lactones) is 1. The summed E-state index contributed by atoms with van der Waals surface area (Å²) >= 11 is 0. The maximum Gasteiger partial charge on any atom is 0.416 e. The number of nitrogens with zero attached hydrogens (tertiary/aromatic N) is 2. The minimum atomic E-state index is -5.03. The standard InChI is InChI=1S/C34H34F6N2O4/c1-18-31(22-13-23(33(35,36)37)16-24(14-22)34(38,39)40)46-32(44)42(18)17-29-26(10-11-28(41-29)20-3-4-20)27-15-21(7-12-30(27)45-2)19-5-8-25(43)9-6-19/h7,10-16,18-20,25,31,43H,3-6,8-9,17H2,1-2H3/t18-,19-,25+,31-/m0/s1. The number of aliphatic hydroxyl groups is 1. The largest absolute Gasteiger partial charge is 0.496 e. The molecule has 12 heteroatoms. The normalized spacial score (nSPS) is 23.8. The van der Waals surface area contributed by atoms with Gasteiger partial charge in [-0.1, -0.05) is 12.1 Å². The maximum absolute atomic E-state index is 13.6. The molecule has 246 valence electrons. The van der Waals surface area contributed by atoms with Gasteiger partial charge in [0.15, 0.2) is 0 Å². The number of hydrogen-bond donors (Lipinski definition) is 1. The van der Waals surface area contributed by atoms with E-state index in [1.54, 1.807) is 7.11 Å². The molecule has 6 nitrogen and oxygen atoms in total. The molecule has 2 aromatic carbocycles. The van der Waals surface area contributed by atoms with Crippen LogP contribution in [0, 0.1) is 0 Å². The molecule has 1 amide bonds. The summed E-state index contributed by atoms with van der Waals surface area (Å²) in [6, 6.07) is 10.1. The van der Waals surface area contributed by atoms with Gasteiger partial charge in [-0.15, -0.1) is 0 Å². The number of pyridine rings is 1. The van der Waals surface area contributed by atoms with Crippen molar-refractivity contribution in [3.8, 4) is 16.9 Å². The summed E-state index contributed by atoms with van der Waals surface area (Å²) < 4.78 is 92.7. The summed E-state index contributed by atoms with van der Waals surface area (Å²) in [7, 11) is 1.55. The third-order valence-electron chi connectivity index (χ3n) is 9.32. The Morgan fingerprint density at radius 2 is 1.48 bits per heavy atom. The molecule has 3 aromatic rings. The molecule has 0 spiro atoms. The lowest BCUT2D eigenvalue weighted by Crippen LogP contribution is -2.32. The van der Waals surface area contributed by atoms with Crippen molar-refractivity contribution in [3.05, 3.63) is 82.2 Å². The van der Waals surface area contributed by atoms with Crippen molar-refractivity contribution in [1.82, 2.24) is 9.88 Å². The van der Waals surface area contributed by atoms with Crippen LogP contribution in [0.15, 0.2) is 48.5 Å². The van der Waals surface area contributed by atoms with Gasteiger partial charge in [0.05, 0.1) is 42.6 Å². The number of aliphatic hydroxyl groups excluding tert-OH is 1. The van der Waals surface area contributed by atoms with Gasteiger partial charge in [0.25, 0.3) is 0 Å². The molecule has 2 heterocycles. The first kappa shape index (κ1) is 32.2. The van der Waals surface area contributed by atoms with Crippen LogP contribution in [0.3, 0.4) is 0 Å². The lowest BCUT2D eigenvalue weighted by Gasteiger charge is -2.27. The molecule has 3 fully saturated rings. The predicted octanol–water partition coefficient (Wildman–Crippen LogP) is 8.77. The highest BCUT2D eigenvalue weighted by Crippen LogP contribution is 2.44. The zero-order valence-corrected chi connectivity index (χ0v) is 25.3. The van der Waals surface area contributed by atoms with E-state index in [2.05, 4.69) is 0 Å². The van der Waals surface area contributed by atoms with E-state index in [4.69, 9.17) is 14.5 Å². The van der Waals surface area contributed by atoms with Crippen LogP contribution >= 0.6 is 0 Å². The highest BCUT2D eigenvalue weighted by Gasteiger charge is 2.44. The summed E-state index contributed by atoms with van der Waals surface area (Å²) in [6.45, 7) is 1.45. The molecule has 1 saturated heterocycles. The Morgan fingerprint density at radius 1 is 0.848 bits per heavy atom. The van der Waals surface area contributed by atoms with E-state index in [1.807, 2.05) is 30.3 Å². The smallest absolute Gasteiger partial charge is 0.416 e. The van der Waals surface area contributed by atoms with E-state index >= 15 is 0 Å². The fourth-order valence-corrected chi connectivity index (χ4v) is 6.55. The summed E-state index contributed by atoms with van der Waals surface area (Å²) in [5.41, 5.74) is 0.555. The van der Waals surface area contributed by atoms with Gasteiger partial charge in [0, 0.05) is 22.7 Å². The molecule has 2 atom stereocenters. The molecule has 0 bridgehead atoms. The molecule has 2 saturated carbocycles. The maximum atomic E-state index is 13.6. The predicted molar refractivity (Wildman–Crippen MR) is 156 cm³/mol. The number of carbonyl (C=O) groups excluding carboxylic acids is 1. The third-order valence-corrected chi connectivity index (χ3v) is 9.32. The molecular formula is C34H34F6N2O4. The lowest BCUT2D eigenvalue weighted by atomic mass is 9.82. The van der Waals surface area contributed by atoms with Crippen LogP contribution < -0.4 is 4.74 Å². The Hall–Kier alpha value is -3.80. The minimum absolute atomic E-state index is 0.0548. The van der Waals surface area contributed by atoms with Gasteiger partial charge in [0.2, 0.25) is 0 Å². The molecule has 6 rings (SSSR count). The Bertz CT molecular complexity index is 1580. The first-order valence-electron chi connectivity index (χ1n) is 15.4. The Kier molecular flexibility index (Phi) is 8.45. The summed E-state index contributed by atoms with van der Waals surface area (Å²) in [6.07, 6.45) is -7.57. The Morgan fingerprint density at radius 3 is 2.07 bits per heavy atom. The number of hydrogen-bond acceptors (Lipinski definition) is 5. The lowest BCUT2D eigenvalue weighted by molar-refractivity contribution is -0.143. The Balaban J connectivity index is 1.36. The zero-order chi connectivity index (χ0) is 33.0. The van der Waals surface area contributed by atoms with Crippen LogP contribution in [0.25, 0.3) is 11.1 Å². The molecule has 0 unspecified atom stereocenters. The van der Waals surface area contributed by atoms with E-state index in [-0.39, 0.29) is 30.6 Å². The van der Waals surface area contributed by atoms with Crippen LogP contribution in [0.5, 0.6) is 5.75 Å². The van der Waals surface area contributed by atoms with Crippen molar-refractivity contribution >= 4 is 6.09 Å². The first-order valence-corrected chi connectivity index (χ1v) is 15.4. The van der Waals surface area contributed by atoms with Crippen LogP contribution in [-0.4, -0.2) is 40.3 Å². The van der Waals surface area contributed by atoms with Crippen molar-refractivity contribution in [2.45, 2.75) is 94.4 Å². The van der Waals surface area contributed by atoms with Crippen LogP contribution in [-0.2, 0) is 23.6 Å². The van der Waals surface area contributed by atoms with Crippen molar-refractivity contribution in [1.29, 1.82) is 0 Å². The summed E-state index contributed by atoms with van der Waals surface area (Å²) in [5, 5.41) is 10.00. The molecular weight excluding hydrogens is 614 g/mol. The summed E-state index contributed by atoms with van der Waals surface area (Å²) in [4.78, 5) is 19.4. The molecule has 46 heavy (non-hydrogen) atoms. The van der Waals surface area contributed by atoms with E-state index in [1.165, 1.54) is 11.8 Å². The number of amides is 1. The van der Waals surface area contributed by atoms with Gasteiger partial charge in [-0.05, 0) is 98.9 Å².